The normalized spacial score (nSPS) is 12.9. The summed E-state index contributed by atoms with van der Waals surface area (Å²) in [6.45, 7) is 2.63. The predicted octanol–water partition coefficient (Wildman–Crippen LogP) is 2.05. The summed E-state index contributed by atoms with van der Waals surface area (Å²) >= 11 is 0. The highest BCUT2D eigenvalue weighted by molar-refractivity contribution is 5.49. The topological polar surface area (TPSA) is 40.9 Å². The van der Waals surface area contributed by atoms with Crippen molar-refractivity contribution >= 4 is 6.29 Å². The minimum atomic E-state index is 0.458. The standard InChI is InChI=1S/C9H18NO/c1-2-3-5-9(8-10)6-4-7-11/h7,9-10H,2-6,8H2,1H3. The molecule has 1 unspecified atom stereocenters. The van der Waals surface area contributed by atoms with Gasteiger partial charge in [0.15, 0.2) is 0 Å². The van der Waals surface area contributed by atoms with Gasteiger partial charge in [-0.3, -0.25) is 5.73 Å². The van der Waals surface area contributed by atoms with Gasteiger partial charge in [-0.05, 0) is 18.8 Å². The average Bonchev–Trinajstić information content (AvgIpc) is 2.05. The molecule has 65 valence electrons. The molecule has 0 rings (SSSR count). The molecule has 1 N–H and O–H groups in total. The van der Waals surface area contributed by atoms with Crippen LogP contribution in [0.15, 0.2) is 0 Å². The predicted molar refractivity (Wildman–Crippen MR) is 46.3 cm³/mol. The molecular formula is C9H18NO. The number of rotatable bonds is 7. The Balaban J connectivity index is 3.32. The summed E-state index contributed by atoms with van der Waals surface area (Å²) in [4.78, 5) is 10.0. The maximum Gasteiger partial charge on any atom is 0.120 e. The number of carbonyl (C=O) groups is 1. The lowest BCUT2D eigenvalue weighted by molar-refractivity contribution is -0.108. The van der Waals surface area contributed by atoms with E-state index in [0.29, 0.717) is 18.9 Å². The molecule has 11 heavy (non-hydrogen) atoms. The van der Waals surface area contributed by atoms with Crippen LogP contribution in [0.25, 0.3) is 0 Å². The SMILES string of the molecule is CCCCC(C[NH])CCC=O. The first-order valence-corrected chi connectivity index (χ1v) is 4.43. The monoisotopic (exact) mass is 156 g/mol. The van der Waals surface area contributed by atoms with E-state index in [1.807, 2.05) is 0 Å². The van der Waals surface area contributed by atoms with Gasteiger partial charge in [0.05, 0.1) is 0 Å². The third kappa shape index (κ3) is 6.05. The van der Waals surface area contributed by atoms with Gasteiger partial charge in [-0.1, -0.05) is 19.8 Å². The summed E-state index contributed by atoms with van der Waals surface area (Å²) in [5.41, 5.74) is 7.20. The first-order chi connectivity index (χ1) is 5.35. The zero-order valence-electron chi connectivity index (χ0n) is 7.31. The summed E-state index contributed by atoms with van der Waals surface area (Å²) in [5, 5.41) is 0. The fourth-order valence-corrected chi connectivity index (χ4v) is 1.15. The van der Waals surface area contributed by atoms with Crippen LogP contribution < -0.4 is 5.73 Å². The van der Waals surface area contributed by atoms with E-state index in [0.717, 1.165) is 19.1 Å². The Labute approximate surface area is 69.2 Å². The highest BCUT2D eigenvalue weighted by Crippen LogP contribution is 2.12. The van der Waals surface area contributed by atoms with Crippen molar-refractivity contribution in [2.75, 3.05) is 6.54 Å². The number of unbranched alkanes of at least 4 members (excludes halogenated alkanes) is 1. The molecule has 0 bridgehead atoms. The Morgan fingerprint density at radius 2 is 2.18 bits per heavy atom. The first kappa shape index (κ1) is 10.6. The molecule has 0 spiro atoms. The van der Waals surface area contributed by atoms with Crippen molar-refractivity contribution in [3.8, 4) is 0 Å². The van der Waals surface area contributed by atoms with Gasteiger partial charge in [-0.15, -0.1) is 0 Å². The van der Waals surface area contributed by atoms with Crippen molar-refractivity contribution in [3.05, 3.63) is 0 Å². The summed E-state index contributed by atoms with van der Waals surface area (Å²) in [6, 6.07) is 0. The van der Waals surface area contributed by atoms with Gasteiger partial charge in [-0.25, -0.2) is 0 Å². The number of aldehydes is 1. The molecule has 2 heteroatoms. The van der Waals surface area contributed by atoms with Crippen LogP contribution in [0, 0.1) is 5.92 Å². The Morgan fingerprint density at radius 3 is 2.64 bits per heavy atom. The Kier molecular flexibility index (Phi) is 7.47. The van der Waals surface area contributed by atoms with Gasteiger partial charge < -0.3 is 4.79 Å². The van der Waals surface area contributed by atoms with Crippen molar-refractivity contribution < 1.29 is 4.79 Å². The van der Waals surface area contributed by atoms with E-state index in [2.05, 4.69) is 6.92 Å². The Bertz CT molecular complexity index is 93.6. The summed E-state index contributed by atoms with van der Waals surface area (Å²) in [5.74, 6) is 0.458. The quantitative estimate of drug-likeness (QED) is 0.520. The molecule has 0 fully saturated rings. The van der Waals surface area contributed by atoms with E-state index >= 15 is 0 Å². The summed E-state index contributed by atoms with van der Waals surface area (Å²) in [7, 11) is 0. The summed E-state index contributed by atoms with van der Waals surface area (Å²) < 4.78 is 0. The molecule has 0 aromatic carbocycles. The van der Waals surface area contributed by atoms with E-state index in [1.165, 1.54) is 12.8 Å². The number of hydrogen-bond donors (Lipinski definition) is 0. The molecule has 0 saturated carbocycles. The molecule has 1 radical (unpaired) electrons. The minimum Gasteiger partial charge on any atom is -0.303 e. The van der Waals surface area contributed by atoms with Gasteiger partial charge in [0.25, 0.3) is 0 Å². The minimum absolute atomic E-state index is 0.458. The van der Waals surface area contributed by atoms with Crippen LogP contribution in [-0.4, -0.2) is 12.8 Å². The number of hydrogen-bond acceptors (Lipinski definition) is 1. The average molecular weight is 156 g/mol. The Hall–Kier alpha value is -0.370. The van der Waals surface area contributed by atoms with Gasteiger partial charge in [-0.2, -0.15) is 0 Å². The van der Waals surface area contributed by atoms with Crippen molar-refractivity contribution in [3.63, 3.8) is 0 Å². The third-order valence-electron chi connectivity index (χ3n) is 1.95. The molecule has 0 amide bonds. The van der Waals surface area contributed by atoms with Crippen molar-refractivity contribution in [2.24, 2.45) is 5.92 Å². The third-order valence-corrected chi connectivity index (χ3v) is 1.95. The van der Waals surface area contributed by atoms with Crippen LogP contribution in [0.5, 0.6) is 0 Å². The number of carbonyl (C=O) groups excluding carboxylic acids is 1. The van der Waals surface area contributed by atoms with Crippen molar-refractivity contribution in [2.45, 2.75) is 39.0 Å². The smallest absolute Gasteiger partial charge is 0.120 e. The first-order valence-electron chi connectivity index (χ1n) is 4.43. The molecule has 1 atom stereocenters. The van der Waals surface area contributed by atoms with Crippen LogP contribution in [0.4, 0.5) is 0 Å². The van der Waals surface area contributed by atoms with Crippen molar-refractivity contribution in [1.82, 2.24) is 5.73 Å². The van der Waals surface area contributed by atoms with E-state index < -0.39 is 0 Å². The van der Waals surface area contributed by atoms with Gasteiger partial charge >= 0.3 is 0 Å². The largest absolute Gasteiger partial charge is 0.303 e. The molecule has 0 aromatic rings. The molecule has 0 heterocycles. The molecule has 0 aliphatic heterocycles. The highest BCUT2D eigenvalue weighted by Gasteiger charge is 2.04. The van der Waals surface area contributed by atoms with E-state index in [9.17, 15) is 4.79 Å². The maximum atomic E-state index is 10.0. The molecule has 2 nitrogen and oxygen atoms in total. The lowest BCUT2D eigenvalue weighted by Crippen LogP contribution is -2.07. The fraction of sp³-hybridized carbons (Fsp3) is 0.889. The van der Waals surface area contributed by atoms with Gasteiger partial charge in [0, 0.05) is 13.0 Å². The number of nitrogens with one attached hydrogen (secondary N) is 1. The second kappa shape index (κ2) is 7.73. The molecule has 0 aromatic heterocycles. The van der Waals surface area contributed by atoms with E-state index in [4.69, 9.17) is 5.73 Å². The second-order valence-electron chi connectivity index (χ2n) is 2.96. The molecule has 0 aliphatic carbocycles. The second-order valence-corrected chi connectivity index (χ2v) is 2.96. The van der Waals surface area contributed by atoms with Crippen LogP contribution in [0.2, 0.25) is 0 Å². The highest BCUT2D eigenvalue weighted by atomic mass is 16.1. The van der Waals surface area contributed by atoms with Crippen LogP contribution >= 0.6 is 0 Å². The van der Waals surface area contributed by atoms with Crippen molar-refractivity contribution in [1.29, 1.82) is 0 Å². The van der Waals surface area contributed by atoms with E-state index in [1.54, 1.807) is 0 Å². The summed E-state index contributed by atoms with van der Waals surface area (Å²) in [6.07, 6.45) is 6.00. The van der Waals surface area contributed by atoms with Crippen LogP contribution in [-0.2, 0) is 4.79 Å². The zero-order chi connectivity index (χ0) is 8.53. The lowest BCUT2D eigenvalue weighted by Gasteiger charge is -2.10. The molecule has 0 saturated heterocycles. The van der Waals surface area contributed by atoms with Gasteiger partial charge in [0.2, 0.25) is 0 Å². The van der Waals surface area contributed by atoms with Gasteiger partial charge in [0.1, 0.15) is 6.29 Å². The molecule has 0 aliphatic rings. The lowest BCUT2D eigenvalue weighted by atomic mass is 9.97. The van der Waals surface area contributed by atoms with Crippen LogP contribution in [0.1, 0.15) is 39.0 Å². The zero-order valence-corrected chi connectivity index (χ0v) is 7.31. The molecular weight excluding hydrogens is 138 g/mol. The Morgan fingerprint density at radius 1 is 1.45 bits per heavy atom. The fourth-order valence-electron chi connectivity index (χ4n) is 1.15. The van der Waals surface area contributed by atoms with E-state index in [-0.39, 0.29) is 0 Å². The maximum absolute atomic E-state index is 10.0. The van der Waals surface area contributed by atoms with Crippen LogP contribution in [0.3, 0.4) is 0 Å².